The highest BCUT2D eigenvalue weighted by Gasteiger charge is 2.43. The van der Waals surface area contributed by atoms with Gasteiger partial charge in [-0.2, -0.15) is 0 Å². The van der Waals surface area contributed by atoms with Crippen LogP contribution in [0.3, 0.4) is 0 Å². The summed E-state index contributed by atoms with van der Waals surface area (Å²) in [6.07, 6.45) is 0. The summed E-state index contributed by atoms with van der Waals surface area (Å²) in [6, 6.07) is 10.7. The fourth-order valence-corrected chi connectivity index (χ4v) is 4.65. The molecule has 0 saturated heterocycles. The predicted molar refractivity (Wildman–Crippen MR) is 69.0 cm³/mol. The molecule has 84 valence electrons. The van der Waals surface area contributed by atoms with E-state index in [1.54, 1.807) is 0 Å². The Labute approximate surface area is 94.6 Å². The molecule has 0 radical (unpaired) electrons. The molecule has 0 aliphatic heterocycles. The molecule has 0 heterocycles. The van der Waals surface area contributed by atoms with Gasteiger partial charge in [0, 0.05) is 6.61 Å². The minimum atomic E-state index is -1.83. The first-order chi connectivity index (χ1) is 6.92. The van der Waals surface area contributed by atoms with Crippen LogP contribution in [0.2, 0.25) is 11.6 Å². The molecule has 2 heteroatoms. The minimum absolute atomic E-state index is 0.227. The lowest BCUT2D eigenvalue weighted by Gasteiger charge is -2.39. The fraction of sp³-hybridized carbons (Fsp3) is 0.538. The van der Waals surface area contributed by atoms with Crippen LogP contribution in [0.4, 0.5) is 0 Å². The van der Waals surface area contributed by atoms with Crippen molar-refractivity contribution in [1.82, 2.24) is 0 Å². The highest BCUT2D eigenvalue weighted by Crippen LogP contribution is 2.36. The van der Waals surface area contributed by atoms with E-state index in [9.17, 15) is 0 Å². The molecule has 0 amide bonds. The molecule has 0 fully saturated rings. The zero-order valence-electron chi connectivity index (χ0n) is 10.5. The second kappa shape index (κ2) is 4.50. The second-order valence-electron chi connectivity index (χ2n) is 5.08. The normalized spacial score (nSPS) is 16.1. The Kier molecular flexibility index (Phi) is 3.74. The molecule has 1 rings (SSSR count). The second-order valence-corrected chi connectivity index (χ2v) is 9.51. The lowest BCUT2D eigenvalue weighted by Crippen LogP contribution is -2.55. The fourth-order valence-electron chi connectivity index (χ4n) is 1.78. The van der Waals surface area contributed by atoms with Gasteiger partial charge in [-0.1, -0.05) is 51.1 Å². The van der Waals surface area contributed by atoms with E-state index in [2.05, 4.69) is 64.6 Å². The van der Waals surface area contributed by atoms with Crippen molar-refractivity contribution in [2.45, 2.75) is 39.3 Å². The van der Waals surface area contributed by atoms with Gasteiger partial charge >= 0.3 is 0 Å². The van der Waals surface area contributed by atoms with Crippen LogP contribution in [0.15, 0.2) is 30.3 Å². The summed E-state index contributed by atoms with van der Waals surface area (Å²) < 4.78 is 6.12. The van der Waals surface area contributed by atoms with Crippen LogP contribution in [0.25, 0.3) is 0 Å². The summed E-state index contributed by atoms with van der Waals surface area (Å²) in [4.78, 5) is 0. The maximum Gasteiger partial charge on any atom is 0.226 e. The Morgan fingerprint density at radius 3 is 2.07 bits per heavy atom. The quantitative estimate of drug-likeness (QED) is 0.713. The highest BCUT2D eigenvalue weighted by atomic mass is 28.4. The summed E-state index contributed by atoms with van der Waals surface area (Å²) in [6.45, 7) is 12.0. The maximum atomic E-state index is 6.12. The molecule has 15 heavy (non-hydrogen) atoms. The van der Waals surface area contributed by atoms with Crippen LogP contribution in [-0.4, -0.2) is 14.9 Å². The molecule has 0 aromatic heterocycles. The molecule has 0 saturated carbocycles. The van der Waals surface area contributed by atoms with Crippen LogP contribution in [0.1, 0.15) is 27.7 Å². The SMILES string of the molecule is CCO[Si](C)(c1ccccc1)C(C)(C)C. The standard InChI is InChI=1S/C13H22OSi/c1-6-14-15(5,13(2,3)4)12-10-8-7-9-11-12/h7-11H,6H2,1-5H3. The van der Waals surface area contributed by atoms with Gasteiger partial charge in [-0.3, -0.25) is 0 Å². The smallest absolute Gasteiger partial charge is 0.226 e. The molecule has 0 aliphatic rings. The van der Waals surface area contributed by atoms with Gasteiger partial charge in [0.05, 0.1) is 0 Å². The number of rotatable bonds is 3. The third-order valence-electron chi connectivity index (χ3n) is 3.19. The third kappa shape index (κ3) is 2.50. The third-order valence-corrected chi connectivity index (χ3v) is 8.35. The summed E-state index contributed by atoms with van der Waals surface area (Å²) in [5.41, 5.74) is 0. The zero-order valence-corrected chi connectivity index (χ0v) is 11.5. The number of hydrogen-bond donors (Lipinski definition) is 0. The van der Waals surface area contributed by atoms with Gasteiger partial charge in [-0.05, 0) is 23.7 Å². The lowest BCUT2D eigenvalue weighted by molar-refractivity contribution is 0.313. The molecule has 0 spiro atoms. The van der Waals surface area contributed by atoms with E-state index in [0.29, 0.717) is 0 Å². The Morgan fingerprint density at radius 1 is 1.13 bits per heavy atom. The molecular weight excluding hydrogens is 200 g/mol. The Balaban J connectivity index is 3.13. The molecule has 1 unspecified atom stereocenters. The Bertz CT molecular complexity index is 302. The number of benzene rings is 1. The first kappa shape index (κ1) is 12.5. The Morgan fingerprint density at radius 2 is 1.67 bits per heavy atom. The minimum Gasteiger partial charge on any atom is -0.412 e. The largest absolute Gasteiger partial charge is 0.412 e. The van der Waals surface area contributed by atoms with Crippen LogP contribution >= 0.6 is 0 Å². The highest BCUT2D eigenvalue weighted by molar-refractivity contribution is 6.87. The predicted octanol–water partition coefficient (Wildman–Crippen LogP) is 3.31. The molecule has 0 aliphatic carbocycles. The van der Waals surface area contributed by atoms with E-state index in [0.717, 1.165) is 6.61 Å². The monoisotopic (exact) mass is 222 g/mol. The molecule has 1 atom stereocenters. The zero-order chi connectivity index (χ0) is 11.5. The van der Waals surface area contributed by atoms with Gasteiger partial charge < -0.3 is 4.43 Å². The van der Waals surface area contributed by atoms with Crippen molar-refractivity contribution in [1.29, 1.82) is 0 Å². The van der Waals surface area contributed by atoms with Gasteiger partial charge in [0.1, 0.15) is 0 Å². The molecule has 0 N–H and O–H groups in total. The molecule has 1 aromatic rings. The van der Waals surface area contributed by atoms with E-state index in [1.165, 1.54) is 5.19 Å². The van der Waals surface area contributed by atoms with Crippen molar-refractivity contribution in [3.05, 3.63) is 30.3 Å². The van der Waals surface area contributed by atoms with Crippen molar-refractivity contribution in [3.8, 4) is 0 Å². The molecule has 1 nitrogen and oxygen atoms in total. The first-order valence-electron chi connectivity index (χ1n) is 5.61. The van der Waals surface area contributed by atoms with Gasteiger partial charge in [0.15, 0.2) is 0 Å². The summed E-state index contributed by atoms with van der Waals surface area (Å²) in [7, 11) is -1.83. The van der Waals surface area contributed by atoms with Crippen molar-refractivity contribution < 1.29 is 4.43 Å². The van der Waals surface area contributed by atoms with Gasteiger partial charge in [0.25, 0.3) is 0 Å². The van der Waals surface area contributed by atoms with Gasteiger partial charge in [-0.25, -0.2) is 0 Å². The van der Waals surface area contributed by atoms with Gasteiger partial charge in [0.2, 0.25) is 8.32 Å². The average molecular weight is 222 g/mol. The topological polar surface area (TPSA) is 9.23 Å². The lowest BCUT2D eigenvalue weighted by atomic mass is 10.2. The van der Waals surface area contributed by atoms with Crippen molar-refractivity contribution in [3.63, 3.8) is 0 Å². The van der Waals surface area contributed by atoms with Crippen LogP contribution < -0.4 is 5.19 Å². The van der Waals surface area contributed by atoms with Crippen LogP contribution in [0, 0.1) is 0 Å². The van der Waals surface area contributed by atoms with Crippen molar-refractivity contribution in [2.75, 3.05) is 6.61 Å². The summed E-state index contributed by atoms with van der Waals surface area (Å²) in [5.74, 6) is 0. The molecule has 0 bridgehead atoms. The number of hydrogen-bond acceptors (Lipinski definition) is 1. The van der Waals surface area contributed by atoms with Gasteiger partial charge in [-0.15, -0.1) is 0 Å². The van der Waals surface area contributed by atoms with Crippen LogP contribution in [-0.2, 0) is 4.43 Å². The van der Waals surface area contributed by atoms with Crippen LogP contribution in [0.5, 0.6) is 0 Å². The maximum absolute atomic E-state index is 6.12. The van der Waals surface area contributed by atoms with Crippen molar-refractivity contribution >= 4 is 13.5 Å². The van der Waals surface area contributed by atoms with E-state index >= 15 is 0 Å². The first-order valence-corrected chi connectivity index (χ1v) is 8.02. The Hall–Kier alpha value is -0.603. The van der Waals surface area contributed by atoms with E-state index < -0.39 is 8.32 Å². The van der Waals surface area contributed by atoms with E-state index in [4.69, 9.17) is 4.43 Å². The summed E-state index contributed by atoms with van der Waals surface area (Å²) >= 11 is 0. The average Bonchev–Trinajstić information content (AvgIpc) is 2.18. The van der Waals surface area contributed by atoms with E-state index in [1.807, 2.05) is 0 Å². The molecular formula is C13H22OSi. The van der Waals surface area contributed by atoms with E-state index in [-0.39, 0.29) is 5.04 Å². The molecule has 1 aromatic carbocycles. The summed E-state index contributed by atoms with van der Waals surface area (Å²) in [5, 5.41) is 1.61. The van der Waals surface area contributed by atoms with Crippen molar-refractivity contribution in [2.24, 2.45) is 0 Å².